The van der Waals surface area contributed by atoms with Gasteiger partial charge < -0.3 is 15.5 Å². The number of rotatable bonds is 9. The minimum atomic E-state index is -0.569. The summed E-state index contributed by atoms with van der Waals surface area (Å²) in [7, 11) is 0. The summed E-state index contributed by atoms with van der Waals surface area (Å²) in [6.07, 6.45) is 0.799. The molecule has 0 aliphatic carbocycles. The van der Waals surface area contributed by atoms with Crippen molar-refractivity contribution in [3.63, 3.8) is 0 Å². The Hall–Kier alpha value is -3.64. The molecule has 4 rings (SSSR count). The number of nitrogens with one attached hydrogen (secondary N) is 2. The van der Waals surface area contributed by atoms with Crippen molar-refractivity contribution in [1.82, 2.24) is 20.4 Å². The van der Waals surface area contributed by atoms with Crippen molar-refractivity contribution in [3.8, 4) is 0 Å². The number of nitrogens with zero attached hydrogens (tertiary/aromatic N) is 2. The summed E-state index contributed by atoms with van der Waals surface area (Å²) in [5.74, 6) is -0.111. The third-order valence-electron chi connectivity index (χ3n) is 7.28. The molecule has 37 heavy (non-hydrogen) atoms. The molecular formula is C31H38N4O2. The average Bonchev–Trinajstić information content (AvgIpc) is 2.96. The topological polar surface area (TPSA) is 64.7 Å². The summed E-state index contributed by atoms with van der Waals surface area (Å²) in [5, 5.41) is 6.04. The second kappa shape index (κ2) is 13.1. The van der Waals surface area contributed by atoms with Crippen LogP contribution >= 0.6 is 0 Å². The van der Waals surface area contributed by atoms with Crippen LogP contribution in [-0.4, -0.2) is 54.0 Å². The molecule has 3 aromatic rings. The van der Waals surface area contributed by atoms with Crippen molar-refractivity contribution in [2.45, 2.75) is 38.9 Å². The quantitative estimate of drug-likeness (QED) is 0.444. The van der Waals surface area contributed by atoms with E-state index in [0.29, 0.717) is 19.6 Å². The molecule has 0 spiro atoms. The zero-order valence-corrected chi connectivity index (χ0v) is 21.8. The molecule has 6 nitrogen and oxygen atoms in total. The maximum atomic E-state index is 13.2. The van der Waals surface area contributed by atoms with E-state index in [0.717, 1.165) is 25.1 Å². The predicted molar refractivity (Wildman–Crippen MR) is 148 cm³/mol. The Kier molecular flexibility index (Phi) is 9.33. The summed E-state index contributed by atoms with van der Waals surface area (Å²) < 4.78 is 0. The van der Waals surface area contributed by atoms with Crippen LogP contribution in [0.2, 0.25) is 0 Å². The van der Waals surface area contributed by atoms with Crippen LogP contribution in [0.4, 0.5) is 4.79 Å². The van der Waals surface area contributed by atoms with Crippen LogP contribution < -0.4 is 10.6 Å². The van der Waals surface area contributed by atoms with Crippen LogP contribution in [0.5, 0.6) is 0 Å². The van der Waals surface area contributed by atoms with Gasteiger partial charge in [0.1, 0.15) is 6.04 Å². The molecule has 2 atom stereocenters. The van der Waals surface area contributed by atoms with Crippen molar-refractivity contribution in [3.05, 3.63) is 108 Å². The SMILES string of the molecule is CCC(C)[C@H](NC(=O)N1CCN(C(c2ccccc2)c2ccccc2)CC1)C(=O)NCc1ccccc1. The van der Waals surface area contributed by atoms with E-state index in [4.69, 9.17) is 0 Å². The van der Waals surface area contributed by atoms with Crippen LogP contribution in [0, 0.1) is 5.92 Å². The van der Waals surface area contributed by atoms with E-state index in [9.17, 15) is 9.59 Å². The average molecular weight is 499 g/mol. The first-order valence-corrected chi connectivity index (χ1v) is 13.3. The van der Waals surface area contributed by atoms with Gasteiger partial charge in [-0.2, -0.15) is 0 Å². The standard InChI is InChI=1S/C31H38N4O2/c1-3-24(2)28(30(36)32-23-25-13-7-4-8-14-25)33-31(37)35-21-19-34(20-22-35)29(26-15-9-5-10-16-26)27-17-11-6-12-18-27/h4-18,24,28-29H,3,19-23H2,1-2H3,(H,32,36)(H,33,37)/t24?,28-/m0/s1. The Labute approximate surface area is 220 Å². The fourth-order valence-electron chi connectivity index (χ4n) is 4.89. The molecule has 1 heterocycles. The van der Waals surface area contributed by atoms with Crippen molar-refractivity contribution in [2.24, 2.45) is 5.92 Å². The Morgan fingerprint density at radius 1 is 0.784 bits per heavy atom. The fraction of sp³-hybridized carbons (Fsp3) is 0.355. The minimum Gasteiger partial charge on any atom is -0.350 e. The third kappa shape index (κ3) is 6.98. The molecule has 3 amide bonds. The number of piperazine rings is 1. The van der Waals surface area contributed by atoms with Gasteiger partial charge in [0, 0.05) is 32.7 Å². The van der Waals surface area contributed by atoms with Gasteiger partial charge in [-0.25, -0.2) is 4.79 Å². The van der Waals surface area contributed by atoms with Crippen LogP contribution in [0.15, 0.2) is 91.0 Å². The summed E-state index contributed by atoms with van der Waals surface area (Å²) in [6, 6.07) is 30.3. The minimum absolute atomic E-state index is 0.0292. The molecule has 6 heteroatoms. The first-order valence-electron chi connectivity index (χ1n) is 13.3. The van der Waals surface area contributed by atoms with Gasteiger partial charge in [-0.05, 0) is 22.6 Å². The molecule has 1 saturated heterocycles. The lowest BCUT2D eigenvalue weighted by molar-refractivity contribution is -0.124. The highest BCUT2D eigenvalue weighted by Gasteiger charge is 2.31. The number of carbonyl (C=O) groups is 2. The lowest BCUT2D eigenvalue weighted by Crippen LogP contribution is -2.57. The second-order valence-electron chi connectivity index (χ2n) is 9.76. The Morgan fingerprint density at radius 3 is 1.81 bits per heavy atom. The zero-order valence-electron chi connectivity index (χ0n) is 21.8. The molecule has 1 fully saturated rings. The lowest BCUT2D eigenvalue weighted by Gasteiger charge is -2.40. The number of hydrogen-bond acceptors (Lipinski definition) is 3. The molecule has 194 valence electrons. The molecular weight excluding hydrogens is 460 g/mol. The molecule has 1 aliphatic rings. The largest absolute Gasteiger partial charge is 0.350 e. The maximum Gasteiger partial charge on any atom is 0.318 e. The summed E-state index contributed by atoms with van der Waals surface area (Å²) in [4.78, 5) is 30.6. The van der Waals surface area contributed by atoms with Gasteiger partial charge in [0.2, 0.25) is 5.91 Å². The van der Waals surface area contributed by atoms with E-state index in [2.05, 4.69) is 64.1 Å². The van der Waals surface area contributed by atoms with E-state index in [-0.39, 0.29) is 23.9 Å². The normalized spacial score (nSPS) is 15.7. The highest BCUT2D eigenvalue weighted by atomic mass is 16.2. The maximum absolute atomic E-state index is 13.2. The van der Waals surface area contributed by atoms with Gasteiger partial charge in [-0.1, -0.05) is 111 Å². The van der Waals surface area contributed by atoms with E-state index in [1.807, 2.05) is 61.2 Å². The molecule has 1 aliphatic heterocycles. The summed E-state index contributed by atoms with van der Waals surface area (Å²) in [6.45, 7) is 7.24. The van der Waals surface area contributed by atoms with Gasteiger partial charge in [-0.15, -0.1) is 0 Å². The third-order valence-corrected chi connectivity index (χ3v) is 7.28. The van der Waals surface area contributed by atoms with Gasteiger partial charge >= 0.3 is 6.03 Å². The Balaban J connectivity index is 1.38. The van der Waals surface area contributed by atoms with Gasteiger partial charge in [0.15, 0.2) is 0 Å². The molecule has 1 unspecified atom stereocenters. The second-order valence-corrected chi connectivity index (χ2v) is 9.76. The zero-order chi connectivity index (χ0) is 26.0. The van der Waals surface area contributed by atoms with Gasteiger partial charge in [-0.3, -0.25) is 9.69 Å². The van der Waals surface area contributed by atoms with Crippen LogP contribution in [0.3, 0.4) is 0 Å². The van der Waals surface area contributed by atoms with Crippen molar-refractivity contribution in [1.29, 1.82) is 0 Å². The first kappa shape index (κ1) is 26.4. The van der Waals surface area contributed by atoms with E-state index in [1.54, 1.807) is 0 Å². The van der Waals surface area contributed by atoms with Crippen LogP contribution in [-0.2, 0) is 11.3 Å². The molecule has 3 aromatic carbocycles. The number of hydrogen-bond donors (Lipinski definition) is 2. The molecule has 0 aromatic heterocycles. The first-order chi connectivity index (χ1) is 18.1. The van der Waals surface area contributed by atoms with Crippen LogP contribution in [0.1, 0.15) is 43.0 Å². The lowest BCUT2D eigenvalue weighted by atomic mass is 9.96. The highest BCUT2D eigenvalue weighted by Crippen LogP contribution is 2.29. The van der Waals surface area contributed by atoms with Gasteiger partial charge in [0.25, 0.3) is 0 Å². The smallest absolute Gasteiger partial charge is 0.318 e. The Bertz CT molecular complexity index is 1080. The van der Waals surface area contributed by atoms with E-state index >= 15 is 0 Å². The van der Waals surface area contributed by atoms with Crippen molar-refractivity contribution < 1.29 is 9.59 Å². The van der Waals surface area contributed by atoms with Gasteiger partial charge in [0.05, 0.1) is 6.04 Å². The number of amides is 3. The molecule has 0 saturated carbocycles. The Morgan fingerprint density at radius 2 is 1.30 bits per heavy atom. The fourth-order valence-corrected chi connectivity index (χ4v) is 4.89. The number of urea groups is 1. The number of carbonyl (C=O) groups excluding carboxylic acids is 2. The summed E-state index contributed by atoms with van der Waals surface area (Å²) in [5.41, 5.74) is 3.53. The summed E-state index contributed by atoms with van der Waals surface area (Å²) >= 11 is 0. The van der Waals surface area contributed by atoms with Crippen molar-refractivity contribution in [2.75, 3.05) is 26.2 Å². The molecule has 0 bridgehead atoms. The van der Waals surface area contributed by atoms with E-state index in [1.165, 1.54) is 11.1 Å². The molecule has 2 N–H and O–H groups in total. The van der Waals surface area contributed by atoms with E-state index < -0.39 is 6.04 Å². The predicted octanol–water partition coefficient (Wildman–Crippen LogP) is 4.83. The highest BCUT2D eigenvalue weighted by molar-refractivity contribution is 5.87. The number of benzene rings is 3. The monoisotopic (exact) mass is 498 g/mol. The van der Waals surface area contributed by atoms with Crippen LogP contribution in [0.25, 0.3) is 0 Å². The molecule has 0 radical (unpaired) electrons. The van der Waals surface area contributed by atoms with Crippen molar-refractivity contribution >= 4 is 11.9 Å².